The number of carbonyl (C=O) groups is 2. The molecule has 1 N–H and O–H groups in total. The van der Waals surface area contributed by atoms with Crippen molar-refractivity contribution >= 4 is 23.5 Å². The van der Waals surface area contributed by atoms with Crippen LogP contribution < -0.4 is 5.01 Å². The Bertz CT molecular complexity index is 712. The van der Waals surface area contributed by atoms with Crippen LogP contribution in [0.25, 0.3) is 0 Å². The van der Waals surface area contributed by atoms with Crippen LogP contribution >= 0.6 is 11.6 Å². The highest BCUT2D eigenvalue weighted by atomic mass is 35.5. The lowest BCUT2D eigenvalue weighted by molar-refractivity contribution is 0.103. The molecule has 122 valence electrons. The van der Waals surface area contributed by atoms with Crippen LogP contribution in [0.5, 0.6) is 0 Å². The largest absolute Gasteiger partial charge is 0.464 e. The van der Waals surface area contributed by atoms with Gasteiger partial charge in [-0.3, -0.25) is 9.47 Å². The molecule has 1 heterocycles. The van der Waals surface area contributed by atoms with Crippen molar-refractivity contribution in [1.29, 1.82) is 0 Å². The first kappa shape index (κ1) is 17.1. The van der Waals surface area contributed by atoms with Gasteiger partial charge in [0.05, 0.1) is 11.6 Å². The molecule has 0 saturated carbocycles. The van der Waals surface area contributed by atoms with Crippen molar-refractivity contribution in [2.45, 2.75) is 0 Å². The first-order valence-electron chi connectivity index (χ1n) is 7.04. The summed E-state index contributed by atoms with van der Waals surface area (Å²) in [6.07, 6.45) is 0.421. The maximum Gasteiger partial charge on any atom is 0.426 e. The van der Waals surface area contributed by atoms with Gasteiger partial charge in [-0.1, -0.05) is 23.7 Å². The van der Waals surface area contributed by atoms with Crippen LogP contribution in [-0.4, -0.2) is 53.7 Å². The molecule has 1 aromatic carbocycles. The fraction of sp³-hybridized carbons (Fsp3) is 0.250. The second-order valence-corrected chi connectivity index (χ2v) is 5.66. The summed E-state index contributed by atoms with van der Waals surface area (Å²) in [6, 6.07) is 9.91. The third-order valence-electron chi connectivity index (χ3n) is 3.32. The predicted octanol–water partition coefficient (Wildman–Crippen LogP) is 2.55. The minimum absolute atomic E-state index is 0.236. The first-order valence-corrected chi connectivity index (χ1v) is 7.41. The van der Waals surface area contributed by atoms with Crippen LogP contribution in [0.1, 0.15) is 16.1 Å². The quantitative estimate of drug-likeness (QED) is 0.824. The molecule has 0 unspecified atom stereocenters. The summed E-state index contributed by atoms with van der Waals surface area (Å²) in [5, 5.41) is 10.9. The average Bonchev–Trinajstić information content (AvgIpc) is 2.96. The minimum atomic E-state index is -1.13. The van der Waals surface area contributed by atoms with E-state index < -0.39 is 6.09 Å². The van der Waals surface area contributed by atoms with Crippen molar-refractivity contribution in [3.8, 4) is 0 Å². The van der Waals surface area contributed by atoms with E-state index in [1.54, 1.807) is 42.6 Å². The molecule has 0 bridgehead atoms. The molecule has 2 rings (SSSR count). The maximum atomic E-state index is 12.7. The summed E-state index contributed by atoms with van der Waals surface area (Å²) in [5.41, 5.74) is 0.589. The van der Waals surface area contributed by atoms with E-state index in [2.05, 4.69) is 0 Å². The van der Waals surface area contributed by atoms with Crippen LogP contribution in [0, 0.1) is 0 Å². The second-order valence-electron chi connectivity index (χ2n) is 5.26. The highest BCUT2D eigenvalue weighted by Gasteiger charge is 2.22. The predicted molar refractivity (Wildman–Crippen MR) is 89.0 cm³/mol. The first-order chi connectivity index (χ1) is 10.9. The number of rotatable bonds is 6. The van der Waals surface area contributed by atoms with E-state index >= 15 is 0 Å². The Labute approximate surface area is 139 Å². The van der Waals surface area contributed by atoms with Crippen molar-refractivity contribution in [2.24, 2.45) is 0 Å². The van der Waals surface area contributed by atoms with Crippen LogP contribution in [-0.2, 0) is 0 Å². The second kappa shape index (κ2) is 7.30. The van der Waals surface area contributed by atoms with E-state index in [9.17, 15) is 14.7 Å². The molecule has 0 aliphatic heterocycles. The van der Waals surface area contributed by atoms with E-state index in [0.29, 0.717) is 17.1 Å². The lowest BCUT2D eigenvalue weighted by Crippen LogP contribution is -2.44. The average molecular weight is 336 g/mol. The third-order valence-corrected chi connectivity index (χ3v) is 3.65. The van der Waals surface area contributed by atoms with Crippen LogP contribution in [0.15, 0.2) is 42.6 Å². The zero-order valence-corrected chi connectivity index (χ0v) is 13.7. The Kier molecular flexibility index (Phi) is 5.41. The Morgan fingerprint density at radius 3 is 2.43 bits per heavy atom. The maximum absolute atomic E-state index is 12.7. The van der Waals surface area contributed by atoms with Gasteiger partial charge in [0.25, 0.3) is 0 Å². The van der Waals surface area contributed by atoms with Gasteiger partial charge in [0.1, 0.15) is 5.69 Å². The van der Waals surface area contributed by atoms with Crippen molar-refractivity contribution in [3.05, 3.63) is 58.9 Å². The van der Waals surface area contributed by atoms with Gasteiger partial charge in [0, 0.05) is 18.3 Å². The number of likely N-dealkylation sites (N-methyl/N-ethyl adjacent to an activating group) is 1. The smallest absolute Gasteiger partial charge is 0.426 e. The highest BCUT2D eigenvalue weighted by molar-refractivity contribution is 6.34. The number of halogens is 1. The van der Waals surface area contributed by atoms with Gasteiger partial charge in [-0.05, 0) is 38.4 Å². The fourth-order valence-electron chi connectivity index (χ4n) is 2.14. The summed E-state index contributed by atoms with van der Waals surface area (Å²) < 4.78 is 1.34. The number of aromatic nitrogens is 1. The molecule has 0 spiro atoms. The Morgan fingerprint density at radius 2 is 1.83 bits per heavy atom. The summed E-state index contributed by atoms with van der Waals surface area (Å²) in [5.74, 6) is -0.322. The molecule has 0 radical (unpaired) electrons. The molecule has 2 aromatic rings. The number of benzene rings is 1. The molecule has 0 aliphatic carbocycles. The molecule has 0 atom stereocenters. The Balaban J connectivity index is 2.36. The van der Waals surface area contributed by atoms with Crippen LogP contribution in [0.2, 0.25) is 5.02 Å². The SMILES string of the molecule is CN(C)CCN(C(=O)O)n1cccc1C(=O)c1ccccc1Cl. The lowest BCUT2D eigenvalue weighted by atomic mass is 10.1. The topological polar surface area (TPSA) is 65.8 Å². The summed E-state index contributed by atoms with van der Waals surface area (Å²) in [4.78, 5) is 26.1. The highest BCUT2D eigenvalue weighted by Crippen LogP contribution is 2.19. The lowest BCUT2D eigenvalue weighted by Gasteiger charge is -2.24. The van der Waals surface area contributed by atoms with Gasteiger partial charge in [0.15, 0.2) is 0 Å². The molecule has 0 saturated heterocycles. The van der Waals surface area contributed by atoms with E-state index in [1.165, 1.54) is 4.68 Å². The molecule has 0 aliphatic rings. The third kappa shape index (κ3) is 3.91. The Hall–Kier alpha value is -2.31. The molecular formula is C16H18ClN3O3. The van der Waals surface area contributed by atoms with Gasteiger partial charge in [-0.25, -0.2) is 9.80 Å². The summed E-state index contributed by atoms with van der Waals surface area (Å²) in [6.45, 7) is 0.768. The Morgan fingerprint density at radius 1 is 1.13 bits per heavy atom. The normalized spacial score (nSPS) is 10.8. The van der Waals surface area contributed by atoms with Crippen molar-refractivity contribution < 1.29 is 14.7 Å². The standard InChI is InChI=1S/C16H18ClN3O3/c1-18(2)10-11-20(16(22)23)19-9-5-8-14(19)15(21)12-6-3-4-7-13(12)17/h3-9H,10-11H2,1-2H3,(H,22,23). The van der Waals surface area contributed by atoms with E-state index in [-0.39, 0.29) is 18.0 Å². The molecule has 6 nitrogen and oxygen atoms in total. The van der Waals surface area contributed by atoms with Crippen molar-refractivity contribution in [3.63, 3.8) is 0 Å². The zero-order valence-electron chi connectivity index (χ0n) is 12.9. The summed E-state index contributed by atoms with van der Waals surface area (Å²) >= 11 is 6.07. The zero-order chi connectivity index (χ0) is 17.0. The van der Waals surface area contributed by atoms with Crippen molar-refractivity contribution in [2.75, 3.05) is 32.2 Å². The van der Waals surface area contributed by atoms with Crippen LogP contribution in [0.3, 0.4) is 0 Å². The molecule has 1 amide bonds. The van der Waals surface area contributed by atoms with Crippen LogP contribution in [0.4, 0.5) is 4.79 Å². The number of hydrogen-bond donors (Lipinski definition) is 1. The van der Waals surface area contributed by atoms with Gasteiger partial charge in [-0.15, -0.1) is 0 Å². The number of ketones is 1. The number of carbonyl (C=O) groups excluding carboxylic acids is 1. The molecule has 7 heteroatoms. The molecular weight excluding hydrogens is 318 g/mol. The summed E-state index contributed by atoms with van der Waals surface area (Å²) in [7, 11) is 3.71. The van der Waals surface area contributed by atoms with Crippen molar-refractivity contribution in [1.82, 2.24) is 9.58 Å². The van der Waals surface area contributed by atoms with E-state index in [4.69, 9.17) is 11.6 Å². The molecule has 0 fully saturated rings. The van der Waals surface area contributed by atoms with E-state index in [1.807, 2.05) is 19.0 Å². The monoisotopic (exact) mass is 335 g/mol. The fourth-order valence-corrected chi connectivity index (χ4v) is 2.36. The van der Waals surface area contributed by atoms with Gasteiger partial charge >= 0.3 is 6.09 Å². The van der Waals surface area contributed by atoms with Gasteiger partial charge in [0.2, 0.25) is 5.78 Å². The van der Waals surface area contributed by atoms with Gasteiger partial charge < -0.3 is 10.0 Å². The number of carboxylic acid groups (broad SMARTS) is 1. The van der Waals surface area contributed by atoms with E-state index in [0.717, 1.165) is 5.01 Å². The minimum Gasteiger partial charge on any atom is -0.464 e. The number of hydrogen-bond acceptors (Lipinski definition) is 3. The molecule has 23 heavy (non-hydrogen) atoms. The molecule has 1 aromatic heterocycles. The van der Waals surface area contributed by atoms with Gasteiger partial charge in [-0.2, -0.15) is 0 Å². The number of nitrogens with zero attached hydrogens (tertiary/aromatic N) is 3. The number of amides is 1.